The lowest BCUT2D eigenvalue weighted by Gasteiger charge is -2.04. The zero-order valence-corrected chi connectivity index (χ0v) is 14.5. The maximum atomic E-state index is 12.0. The monoisotopic (exact) mass is 354 g/mol. The quantitative estimate of drug-likeness (QED) is 0.592. The van der Waals surface area contributed by atoms with E-state index in [9.17, 15) is 9.90 Å². The number of carbonyl (C=O) groups is 1. The number of amides is 1. The number of aryl methyl sites for hydroxylation is 1. The fourth-order valence-corrected chi connectivity index (χ4v) is 3.03. The van der Waals surface area contributed by atoms with Crippen LogP contribution in [-0.2, 0) is 11.2 Å². The number of carbonyl (C=O) groups excluding carboxylic acids is 1. The molecule has 0 saturated heterocycles. The number of rotatable bonds is 6. The first-order chi connectivity index (χ1) is 12.1. The van der Waals surface area contributed by atoms with Crippen molar-refractivity contribution in [2.24, 2.45) is 0 Å². The SMILES string of the molecule is Cc1[nH]c(SCC(=O)Nc2ncccc2O)nc1Cc1ccccc1. The molecule has 25 heavy (non-hydrogen) atoms. The zero-order chi connectivity index (χ0) is 17.6. The van der Waals surface area contributed by atoms with Gasteiger partial charge < -0.3 is 15.4 Å². The minimum Gasteiger partial charge on any atom is -0.504 e. The van der Waals surface area contributed by atoms with Crippen LogP contribution in [-0.4, -0.2) is 31.7 Å². The maximum absolute atomic E-state index is 12.0. The third-order valence-electron chi connectivity index (χ3n) is 3.56. The average molecular weight is 354 g/mol. The third kappa shape index (κ3) is 4.60. The van der Waals surface area contributed by atoms with Gasteiger partial charge in [-0.25, -0.2) is 9.97 Å². The van der Waals surface area contributed by atoms with Gasteiger partial charge in [0.2, 0.25) is 5.91 Å². The van der Waals surface area contributed by atoms with Gasteiger partial charge in [-0.15, -0.1) is 0 Å². The molecule has 0 unspecified atom stereocenters. The van der Waals surface area contributed by atoms with Gasteiger partial charge in [0.25, 0.3) is 0 Å². The van der Waals surface area contributed by atoms with Crippen LogP contribution >= 0.6 is 11.8 Å². The molecule has 0 fully saturated rings. The molecule has 0 spiro atoms. The van der Waals surface area contributed by atoms with Gasteiger partial charge in [-0.05, 0) is 24.6 Å². The van der Waals surface area contributed by atoms with Gasteiger partial charge in [-0.1, -0.05) is 42.1 Å². The highest BCUT2D eigenvalue weighted by atomic mass is 32.2. The predicted octanol–water partition coefficient (Wildman–Crippen LogP) is 3.14. The van der Waals surface area contributed by atoms with Gasteiger partial charge in [0.15, 0.2) is 16.7 Å². The van der Waals surface area contributed by atoms with Crippen LogP contribution < -0.4 is 5.32 Å². The van der Waals surface area contributed by atoms with E-state index in [1.54, 1.807) is 6.07 Å². The topological polar surface area (TPSA) is 90.9 Å². The van der Waals surface area contributed by atoms with E-state index in [1.165, 1.54) is 29.6 Å². The van der Waals surface area contributed by atoms with Crippen molar-refractivity contribution in [3.8, 4) is 5.75 Å². The van der Waals surface area contributed by atoms with E-state index in [0.29, 0.717) is 5.16 Å². The standard InChI is InChI=1S/C18H18N4O2S/c1-12-14(10-13-6-3-2-4-7-13)21-18(20-12)25-11-16(24)22-17-15(23)8-5-9-19-17/h2-9,23H,10-11H2,1H3,(H,20,21)(H,19,22,24). The lowest BCUT2D eigenvalue weighted by molar-refractivity contribution is -0.113. The molecular formula is C18H18N4O2S. The molecule has 128 valence electrons. The van der Waals surface area contributed by atoms with E-state index in [4.69, 9.17) is 0 Å². The number of nitrogens with one attached hydrogen (secondary N) is 2. The van der Waals surface area contributed by atoms with E-state index in [1.807, 2.05) is 25.1 Å². The van der Waals surface area contributed by atoms with Crippen LogP contribution in [0, 0.1) is 6.92 Å². The molecule has 0 saturated carbocycles. The molecule has 0 bridgehead atoms. The van der Waals surface area contributed by atoms with Crippen molar-refractivity contribution < 1.29 is 9.90 Å². The Morgan fingerprint density at radius 3 is 2.80 bits per heavy atom. The second-order valence-corrected chi connectivity index (χ2v) is 6.45. The minimum atomic E-state index is -0.252. The summed E-state index contributed by atoms with van der Waals surface area (Å²) in [6, 6.07) is 13.2. The summed E-state index contributed by atoms with van der Waals surface area (Å²) in [5, 5.41) is 12.9. The van der Waals surface area contributed by atoms with Crippen molar-refractivity contribution in [2.45, 2.75) is 18.5 Å². The number of H-pyrrole nitrogens is 1. The molecule has 7 heteroatoms. The van der Waals surface area contributed by atoms with Gasteiger partial charge >= 0.3 is 0 Å². The first kappa shape index (κ1) is 17.0. The maximum Gasteiger partial charge on any atom is 0.236 e. The van der Waals surface area contributed by atoms with Crippen LogP contribution in [0.1, 0.15) is 17.0 Å². The van der Waals surface area contributed by atoms with E-state index in [0.717, 1.165) is 17.8 Å². The van der Waals surface area contributed by atoms with Crippen LogP contribution in [0.15, 0.2) is 53.8 Å². The summed E-state index contributed by atoms with van der Waals surface area (Å²) in [6.07, 6.45) is 2.26. The first-order valence-corrected chi connectivity index (χ1v) is 8.76. The molecule has 0 aliphatic rings. The molecule has 2 aromatic heterocycles. The number of hydrogen-bond acceptors (Lipinski definition) is 5. The van der Waals surface area contributed by atoms with Crippen molar-refractivity contribution in [1.29, 1.82) is 0 Å². The number of hydrogen-bond donors (Lipinski definition) is 3. The number of aromatic nitrogens is 3. The largest absolute Gasteiger partial charge is 0.504 e. The molecule has 1 amide bonds. The van der Waals surface area contributed by atoms with E-state index < -0.39 is 0 Å². The molecule has 0 aliphatic carbocycles. The molecular weight excluding hydrogens is 336 g/mol. The van der Waals surface area contributed by atoms with Gasteiger partial charge in [0, 0.05) is 18.3 Å². The van der Waals surface area contributed by atoms with Gasteiger partial charge in [-0.2, -0.15) is 0 Å². The fourth-order valence-electron chi connectivity index (χ4n) is 2.29. The van der Waals surface area contributed by atoms with Crippen molar-refractivity contribution in [3.05, 3.63) is 65.6 Å². The Balaban J connectivity index is 1.57. The zero-order valence-electron chi connectivity index (χ0n) is 13.7. The number of pyridine rings is 1. The molecule has 3 aromatic rings. The van der Waals surface area contributed by atoms with E-state index >= 15 is 0 Å². The number of nitrogens with zero attached hydrogens (tertiary/aromatic N) is 2. The highest BCUT2D eigenvalue weighted by Gasteiger charge is 2.11. The first-order valence-electron chi connectivity index (χ1n) is 7.78. The molecule has 0 aliphatic heterocycles. The lowest BCUT2D eigenvalue weighted by atomic mass is 10.1. The lowest BCUT2D eigenvalue weighted by Crippen LogP contribution is -2.15. The Bertz CT molecular complexity index is 865. The summed E-state index contributed by atoms with van der Waals surface area (Å²) in [4.78, 5) is 23.7. The van der Waals surface area contributed by atoms with Crippen LogP contribution in [0.25, 0.3) is 0 Å². The number of imidazole rings is 1. The van der Waals surface area contributed by atoms with Crippen LogP contribution in [0.3, 0.4) is 0 Å². The fraction of sp³-hybridized carbons (Fsp3) is 0.167. The van der Waals surface area contributed by atoms with Crippen molar-refractivity contribution in [3.63, 3.8) is 0 Å². The summed E-state index contributed by atoms with van der Waals surface area (Å²) < 4.78 is 0. The Morgan fingerprint density at radius 1 is 1.24 bits per heavy atom. The number of thioether (sulfide) groups is 1. The van der Waals surface area contributed by atoms with E-state index in [2.05, 4.69) is 32.4 Å². The van der Waals surface area contributed by atoms with Gasteiger partial charge in [-0.3, -0.25) is 4.79 Å². The van der Waals surface area contributed by atoms with Crippen LogP contribution in [0.2, 0.25) is 0 Å². The number of anilines is 1. The van der Waals surface area contributed by atoms with Crippen molar-refractivity contribution in [2.75, 3.05) is 11.1 Å². The molecule has 2 heterocycles. The molecule has 0 atom stereocenters. The molecule has 3 N–H and O–H groups in total. The summed E-state index contributed by atoms with van der Waals surface area (Å²) >= 11 is 1.31. The Kier molecular flexibility index (Phi) is 5.35. The predicted molar refractivity (Wildman–Crippen MR) is 97.8 cm³/mol. The summed E-state index contributed by atoms with van der Waals surface area (Å²) in [5.74, 6) is 0.0271. The van der Waals surface area contributed by atoms with Gasteiger partial charge in [0.1, 0.15) is 0 Å². The molecule has 1 aromatic carbocycles. The van der Waals surface area contributed by atoms with Crippen LogP contribution in [0.4, 0.5) is 5.82 Å². The number of aromatic amines is 1. The summed E-state index contributed by atoms with van der Waals surface area (Å²) in [7, 11) is 0. The Hall–Kier alpha value is -2.80. The van der Waals surface area contributed by atoms with Crippen molar-refractivity contribution >= 4 is 23.5 Å². The summed E-state index contributed by atoms with van der Waals surface area (Å²) in [6.45, 7) is 1.97. The minimum absolute atomic E-state index is 0.0557. The molecule has 3 rings (SSSR count). The Labute approximate surface area is 149 Å². The average Bonchev–Trinajstić information content (AvgIpc) is 2.96. The van der Waals surface area contributed by atoms with Gasteiger partial charge in [0.05, 0.1) is 11.4 Å². The highest BCUT2D eigenvalue weighted by molar-refractivity contribution is 7.99. The smallest absolute Gasteiger partial charge is 0.236 e. The number of aromatic hydroxyl groups is 1. The normalized spacial score (nSPS) is 10.6. The highest BCUT2D eigenvalue weighted by Crippen LogP contribution is 2.21. The Morgan fingerprint density at radius 2 is 2.04 bits per heavy atom. The second-order valence-electron chi connectivity index (χ2n) is 5.48. The molecule has 6 nitrogen and oxygen atoms in total. The van der Waals surface area contributed by atoms with Crippen molar-refractivity contribution in [1.82, 2.24) is 15.0 Å². The molecule has 0 radical (unpaired) electrons. The van der Waals surface area contributed by atoms with Crippen LogP contribution in [0.5, 0.6) is 5.75 Å². The van der Waals surface area contributed by atoms with E-state index in [-0.39, 0.29) is 23.2 Å². The third-order valence-corrected chi connectivity index (χ3v) is 4.44. The second kappa shape index (κ2) is 7.85. The number of benzene rings is 1. The summed E-state index contributed by atoms with van der Waals surface area (Å²) in [5.41, 5.74) is 3.16.